The Morgan fingerprint density at radius 1 is 1.35 bits per heavy atom. The first-order valence-electron chi connectivity index (χ1n) is 9.56. The van der Waals surface area contributed by atoms with Gasteiger partial charge in [0.15, 0.2) is 5.17 Å². The SMILES string of the molecule is C[C@@H]1[C@@](C)(CO)SC(N)=N[C@]1(C)c1cc(NC(=O)c2ccc(Cl)cn2)cc(CO)c1F. The Morgan fingerprint density at radius 3 is 2.65 bits per heavy atom. The van der Waals surface area contributed by atoms with Crippen LogP contribution in [-0.2, 0) is 12.1 Å². The minimum Gasteiger partial charge on any atom is -0.395 e. The van der Waals surface area contributed by atoms with Crippen molar-refractivity contribution in [3.63, 3.8) is 0 Å². The third-order valence-electron chi connectivity index (χ3n) is 5.83. The molecule has 0 spiro atoms. The molecule has 0 fully saturated rings. The second-order valence-corrected chi connectivity index (χ2v) is 9.85. The van der Waals surface area contributed by atoms with Crippen LogP contribution in [0.15, 0.2) is 35.5 Å². The zero-order valence-corrected chi connectivity index (χ0v) is 18.9. The van der Waals surface area contributed by atoms with E-state index >= 15 is 4.39 Å². The Labute approximate surface area is 188 Å². The molecule has 1 aliphatic heterocycles. The molecule has 1 aromatic carbocycles. The van der Waals surface area contributed by atoms with Crippen molar-refractivity contribution in [2.45, 2.75) is 37.7 Å². The molecule has 1 amide bonds. The summed E-state index contributed by atoms with van der Waals surface area (Å²) in [6.45, 7) is 4.67. The van der Waals surface area contributed by atoms with Gasteiger partial charge in [-0.2, -0.15) is 0 Å². The second kappa shape index (κ2) is 8.74. The van der Waals surface area contributed by atoms with Gasteiger partial charge in [-0.15, -0.1) is 0 Å². The van der Waals surface area contributed by atoms with E-state index in [1.54, 1.807) is 6.92 Å². The van der Waals surface area contributed by atoms with Crippen LogP contribution in [-0.4, -0.2) is 37.6 Å². The predicted molar refractivity (Wildman–Crippen MR) is 121 cm³/mol. The lowest BCUT2D eigenvalue weighted by Gasteiger charge is -2.46. The molecule has 31 heavy (non-hydrogen) atoms. The molecule has 166 valence electrons. The summed E-state index contributed by atoms with van der Waals surface area (Å²) < 4.78 is 14.7. The molecule has 0 saturated carbocycles. The number of aromatic nitrogens is 1. The number of halogens is 2. The van der Waals surface area contributed by atoms with Crippen LogP contribution in [0.1, 0.15) is 42.4 Å². The minimum absolute atomic E-state index is 0.00277. The van der Waals surface area contributed by atoms with Crippen molar-refractivity contribution in [1.82, 2.24) is 4.98 Å². The highest BCUT2D eigenvalue weighted by Crippen LogP contribution is 2.50. The van der Waals surface area contributed by atoms with Crippen molar-refractivity contribution in [3.05, 3.63) is 58.1 Å². The Bertz CT molecular complexity index is 1040. The lowest BCUT2D eigenvalue weighted by molar-refractivity contribution is 0.102. The molecular formula is C21H24ClFN4O3S. The van der Waals surface area contributed by atoms with E-state index in [9.17, 15) is 15.0 Å². The average Bonchev–Trinajstić information content (AvgIpc) is 2.73. The predicted octanol–water partition coefficient (Wildman–Crippen LogP) is 3.28. The van der Waals surface area contributed by atoms with Gasteiger partial charge in [0.1, 0.15) is 11.5 Å². The summed E-state index contributed by atoms with van der Waals surface area (Å²) in [5.41, 5.74) is 5.46. The first kappa shape index (κ1) is 23.5. The lowest BCUT2D eigenvalue weighted by Crippen LogP contribution is -2.50. The number of pyridine rings is 1. The summed E-state index contributed by atoms with van der Waals surface area (Å²) in [4.78, 5) is 21.1. The maximum Gasteiger partial charge on any atom is 0.274 e. The minimum atomic E-state index is -1.14. The molecule has 2 heterocycles. The number of anilines is 1. The number of carbonyl (C=O) groups excluding carboxylic acids is 1. The van der Waals surface area contributed by atoms with Gasteiger partial charge >= 0.3 is 0 Å². The summed E-state index contributed by atoms with van der Waals surface area (Å²) in [7, 11) is 0. The van der Waals surface area contributed by atoms with Crippen molar-refractivity contribution in [1.29, 1.82) is 0 Å². The molecule has 7 nitrogen and oxygen atoms in total. The quantitative estimate of drug-likeness (QED) is 0.536. The molecule has 0 radical (unpaired) electrons. The number of amidine groups is 1. The maximum atomic E-state index is 15.4. The summed E-state index contributed by atoms with van der Waals surface area (Å²) in [5.74, 6) is -1.48. The first-order chi connectivity index (χ1) is 14.5. The van der Waals surface area contributed by atoms with Gasteiger partial charge in [-0.05, 0) is 38.1 Å². The molecule has 0 bridgehead atoms. The van der Waals surface area contributed by atoms with E-state index in [-0.39, 0.29) is 40.2 Å². The standard InChI is InChI=1S/C21H24ClFN4O3S/c1-11-20(2,10-29)31-19(24)27-21(11,3)15-7-14(6-12(9-28)17(15)23)26-18(30)16-5-4-13(22)8-25-16/h4-8,11,28-29H,9-10H2,1-3H3,(H2,24,27)(H,26,30)/t11-,20-,21+/m1/s1. The van der Waals surface area contributed by atoms with Crippen LogP contribution >= 0.6 is 23.4 Å². The number of aliphatic hydroxyl groups is 2. The van der Waals surface area contributed by atoms with Crippen molar-refractivity contribution in [3.8, 4) is 0 Å². The van der Waals surface area contributed by atoms with Crippen molar-refractivity contribution < 1.29 is 19.4 Å². The van der Waals surface area contributed by atoms with E-state index < -0.39 is 28.6 Å². The molecule has 0 saturated heterocycles. The van der Waals surface area contributed by atoms with Crippen LogP contribution in [0, 0.1) is 11.7 Å². The van der Waals surface area contributed by atoms with Crippen LogP contribution in [0.5, 0.6) is 0 Å². The Kier molecular flexibility index (Phi) is 6.61. The highest BCUT2D eigenvalue weighted by atomic mass is 35.5. The monoisotopic (exact) mass is 466 g/mol. The van der Waals surface area contributed by atoms with Gasteiger partial charge in [-0.1, -0.05) is 30.3 Å². The molecule has 2 aromatic rings. The summed E-state index contributed by atoms with van der Waals surface area (Å²) in [6, 6.07) is 5.84. The zero-order chi connectivity index (χ0) is 23.0. The molecule has 0 unspecified atom stereocenters. The third kappa shape index (κ3) is 4.41. The van der Waals surface area contributed by atoms with E-state index in [4.69, 9.17) is 17.3 Å². The zero-order valence-electron chi connectivity index (χ0n) is 17.3. The Balaban J connectivity index is 2.07. The summed E-state index contributed by atoms with van der Waals surface area (Å²) in [5, 5.41) is 23.0. The Morgan fingerprint density at radius 2 is 2.06 bits per heavy atom. The molecule has 3 rings (SSSR count). The molecule has 0 aliphatic carbocycles. The highest BCUT2D eigenvalue weighted by Gasteiger charge is 2.50. The number of hydrogen-bond donors (Lipinski definition) is 4. The third-order valence-corrected chi connectivity index (χ3v) is 7.31. The van der Waals surface area contributed by atoms with Crippen LogP contribution in [0.3, 0.4) is 0 Å². The molecule has 1 aliphatic rings. The van der Waals surface area contributed by atoms with Crippen LogP contribution in [0.4, 0.5) is 10.1 Å². The van der Waals surface area contributed by atoms with Gasteiger partial charge in [0.25, 0.3) is 5.91 Å². The van der Waals surface area contributed by atoms with Gasteiger partial charge in [0, 0.05) is 33.7 Å². The van der Waals surface area contributed by atoms with Gasteiger partial charge in [0.2, 0.25) is 0 Å². The number of amides is 1. The maximum absolute atomic E-state index is 15.4. The Hall–Kier alpha value is -2.20. The topological polar surface area (TPSA) is 121 Å². The van der Waals surface area contributed by atoms with E-state index in [0.29, 0.717) is 5.02 Å². The van der Waals surface area contributed by atoms with Gasteiger partial charge < -0.3 is 21.3 Å². The van der Waals surface area contributed by atoms with Crippen molar-refractivity contribution in [2.75, 3.05) is 11.9 Å². The fourth-order valence-electron chi connectivity index (χ4n) is 3.68. The average molecular weight is 467 g/mol. The number of hydrogen-bond acceptors (Lipinski definition) is 7. The molecular weight excluding hydrogens is 443 g/mol. The normalized spacial score (nSPS) is 25.8. The highest BCUT2D eigenvalue weighted by molar-refractivity contribution is 8.15. The van der Waals surface area contributed by atoms with Gasteiger partial charge in [0.05, 0.1) is 23.8 Å². The molecule has 1 aromatic heterocycles. The number of benzene rings is 1. The molecule has 3 atom stereocenters. The van der Waals surface area contributed by atoms with Crippen LogP contribution in [0.2, 0.25) is 5.02 Å². The lowest BCUT2D eigenvalue weighted by atomic mass is 9.73. The summed E-state index contributed by atoms with van der Waals surface area (Å²) in [6.07, 6.45) is 1.35. The second-order valence-electron chi connectivity index (χ2n) is 7.86. The first-order valence-corrected chi connectivity index (χ1v) is 10.8. The smallest absolute Gasteiger partial charge is 0.274 e. The number of thioether (sulfide) groups is 1. The number of nitrogens with zero attached hydrogens (tertiary/aromatic N) is 2. The number of aliphatic imine (C=N–C) groups is 1. The van der Waals surface area contributed by atoms with Crippen LogP contribution in [0.25, 0.3) is 0 Å². The van der Waals surface area contributed by atoms with Crippen LogP contribution < -0.4 is 11.1 Å². The number of nitrogens with one attached hydrogen (secondary N) is 1. The fourth-order valence-corrected chi connectivity index (χ4v) is 4.97. The van der Waals surface area contributed by atoms with Crippen molar-refractivity contribution in [2.24, 2.45) is 16.6 Å². The van der Waals surface area contributed by atoms with E-state index in [1.165, 1.54) is 42.2 Å². The van der Waals surface area contributed by atoms with Crippen molar-refractivity contribution >= 4 is 40.1 Å². The van der Waals surface area contributed by atoms with Gasteiger partial charge in [-0.3, -0.25) is 9.79 Å². The number of aliphatic hydroxyl groups excluding tert-OH is 2. The number of nitrogens with two attached hydrogens (primary N) is 1. The summed E-state index contributed by atoms with van der Waals surface area (Å²) >= 11 is 7.05. The van der Waals surface area contributed by atoms with E-state index in [2.05, 4.69) is 15.3 Å². The molecule has 5 N–H and O–H groups in total. The van der Waals surface area contributed by atoms with E-state index in [0.717, 1.165) is 0 Å². The molecule has 10 heteroatoms. The number of rotatable bonds is 5. The number of carbonyl (C=O) groups is 1. The fraction of sp³-hybridized carbons (Fsp3) is 0.381. The van der Waals surface area contributed by atoms with E-state index in [1.807, 2.05) is 13.8 Å². The van der Waals surface area contributed by atoms with Gasteiger partial charge in [-0.25, -0.2) is 9.37 Å². The largest absolute Gasteiger partial charge is 0.395 e.